The average molecular weight is 323 g/mol. The van der Waals surface area contributed by atoms with Crippen LogP contribution < -0.4 is 5.32 Å². The minimum absolute atomic E-state index is 0.148. The highest BCUT2D eigenvalue weighted by atomic mass is 19.1. The van der Waals surface area contributed by atoms with Crippen LogP contribution in [0.2, 0.25) is 0 Å². The lowest BCUT2D eigenvalue weighted by molar-refractivity contribution is -0.131. The number of nitrogens with one attached hydrogen (secondary N) is 1. The smallest absolute Gasteiger partial charge is 0.319 e. The first-order valence-electron chi connectivity index (χ1n) is 7.34. The molecule has 5 nitrogen and oxygen atoms in total. The topological polar surface area (TPSA) is 73.2 Å². The molecule has 0 bridgehead atoms. The van der Waals surface area contributed by atoms with Crippen molar-refractivity contribution in [3.05, 3.63) is 71.0 Å². The molecule has 1 N–H and O–H groups in total. The van der Waals surface area contributed by atoms with Crippen LogP contribution in [0.3, 0.4) is 0 Å². The lowest BCUT2D eigenvalue weighted by Crippen LogP contribution is -2.40. The predicted molar refractivity (Wildman–Crippen MR) is 84.0 cm³/mol. The SMILES string of the molecule is C[C@@]1(c2cccc(C#N)c2)NC(=O)N(Cc2ccccc2F)C1=O. The average Bonchev–Trinajstić information content (AvgIpc) is 2.81. The molecule has 0 saturated carbocycles. The number of urea groups is 1. The van der Waals surface area contributed by atoms with Crippen molar-refractivity contribution in [1.29, 1.82) is 5.26 Å². The zero-order valence-corrected chi connectivity index (χ0v) is 12.9. The van der Waals surface area contributed by atoms with Gasteiger partial charge in [0, 0.05) is 5.56 Å². The number of imide groups is 1. The Balaban J connectivity index is 1.93. The highest BCUT2D eigenvalue weighted by molar-refractivity contribution is 6.07. The van der Waals surface area contributed by atoms with Gasteiger partial charge in [-0.2, -0.15) is 5.26 Å². The molecule has 0 aliphatic carbocycles. The van der Waals surface area contributed by atoms with E-state index in [-0.39, 0.29) is 12.1 Å². The van der Waals surface area contributed by atoms with Crippen molar-refractivity contribution in [2.24, 2.45) is 0 Å². The fraction of sp³-hybridized carbons (Fsp3) is 0.167. The van der Waals surface area contributed by atoms with Gasteiger partial charge in [0.1, 0.15) is 11.4 Å². The monoisotopic (exact) mass is 323 g/mol. The van der Waals surface area contributed by atoms with E-state index in [9.17, 15) is 14.0 Å². The zero-order chi connectivity index (χ0) is 17.3. The van der Waals surface area contributed by atoms with E-state index in [0.717, 1.165) is 4.90 Å². The van der Waals surface area contributed by atoms with Crippen LogP contribution >= 0.6 is 0 Å². The Hall–Kier alpha value is -3.20. The second-order valence-corrected chi connectivity index (χ2v) is 5.73. The van der Waals surface area contributed by atoms with Crippen LogP contribution in [0.15, 0.2) is 48.5 Å². The molecule has 1 fully saturated rings. The summed E-state index contributed by atoms with van der Waals surface area (Å²) in [7, 11) is 0. The van der Waals surface area contributed by atoms with E-state index in [1.165, 1.54) is 12.1 Å². The first-order chi connectivity index (χ1) is 11.5. The summed E-state index contributed by atoms with van der Waals surface area (Å²) in [6.07, 6.45) is 0. The van der Waals surface area contributed by atoms with Gasteiger partial charge < -0.3 is 5.32 Å². The molecule has 1 atom stereocenters. The van der Waals surface area contributed by atoms with Gasteiger partial charge in [-0.1, -0.05) is 30.3 Å². The molecule has 24 heavy (non-hydrogen) atoms. The number of carbonyl (C=O) groups excluding carboxylic acids is 2. The van der Waals surface area contributed by atoms with Crippen molar-refractivity contribution in [3.63, 3.8) is 0 Å². The molecule has 0 aromatic heterocycles. The summed E-state index contributed by atoms with van der Waals surface area (Å²) >= 11 is 0. The fourth-order valence-electron chi connectivity index (χ4n) is 2.73. The minimum Gasteiger partial charge on any atom is -0.319 e. The highest BCUT2D eigenvalue weighted by Crippen LogP contribution is 2.30. The molecular weight excluding hydrogens is 309 g/mol. The standard InChI is InChI=1S/C18H14FN3O2/c1-18(14-7-4-5-12(9-14)10-20)16(23)22(17(24)21-18)11-13-6-2-3-8-15(13)19/h2-9H,11H2,1H3,(H,21,24)/t18-/m0/s1. The first-order valence-corrected chi connectivity index (χ1v) is 7.34. The summed E-state index contributed by atoms with van der Waals surface area (Å²) in [4.78, 5) is 26.0. The van der Waals surface area contributed by atoms with E-state index in [2.05, 4.69) is 5.32 Å². The number of nitriles is 1. The Morgan fingerprint density at radius 3 is 2.67 bits per heavy atom. The van der Waals surface area contributed by atoms with Crippen LogP contribution in [-0.4, -0.2) is 16.8 Å². The van der Waals surface area contributed by atoms with E-state index >= 15 is 0 Å². The molecule has 2 aromatic carbocycles. The van der Waals surface area contributed by atoms with E-state index < -0.39 is 23.3 Å². The molecule has 2 aromatic rings. The van der Waals surface area contributed by atoms with Gasteiger partial charge in [0.15, 0.2) is 0 Å². The molecule has 3 amide bonds. The van der Waals surface area contributed by atoms with Crippen molar-refractivity contribution < 1.29 is 14.0 Å². The maximum Gasteiger partial charge on any atom is 0.325 e. The molecule has 3 rings (SSSR count). The van der Waals surface area contributed by atoms with Gasteiger partial charge >= 0.3 is 6.03 Å². The number of hydrogen-bond acceptors (Lipinski definition) is 3. The van der Waals surface area contributed by atoms with Gasteiger partial charge in [-0.05, 0) is 30.7 Å². The number of rotatable bonds is 3. The number of halogens is 1. The maximum absolute atomic E-state index is 13.8. The van der Waals surface area contributed by atoms with Crippen molar-refractivity contribution >= 4 is 11.9 Å². The summed E-state index contributed by atoms with van der Waals surface area (Å²) in [5, 5.41) is 11.7. The van der Waals surface area contributed by atoms with Crippen LogP contribution in [0.25, 0.3) is 0 Å². The van der Waals surface area contributed by atoms with E-state index in [1.54, 1.807) is 43.3 Å². The zero-order valence-electron chi connectivity index (χ0n) is 12.9. The Kier molecular flexibility index (Phi) is 3.78. The maximum atomic E-state index is 13.8. The third kappa shape index (κ3) is 2.50. The third-order valence-electron chi connectivity index (χ3n) is 4.13. The summed E-state index contributed by atoms with van der Waals surface area (Å²) < 4.78 is 13.8. The lowest BCUT2D eigenvalue weighted by Gasteiger charge is -2.22. The van der Waals surface area contributed by atoms with Crippen LogP contribution in [0.4, 0.5) is 9.18 Å². The number of carbonyl (C=O) groups is 2. The predicted octanol–water partition coefficient (Wildman–Crippen LogP) is 2.66. The van der Waals surface area contributed by atoms with E-state index in [4.69, 9.17) is 5.26 Å². The van der Waals surface area contributed by atoms with Gasteiger partial charge in [0.25, 0.3) is 5.91 Å². The number of nitrogens with zero attached hydrogens (tertiary/aromatic N) is 2. The molecular formula is C18H14FN3O2. The minimum atomic E-state index is -1.28. The molecule has 1 aliphatic heterocycles. The Morgan fingerprint density at radius 1 is 1.21 bits per heavy atom. The molecule has 0 radical (unpaired) electrons. The molecule has 1 saturated heterocycles. The number of amides is 3. The van der Waals surface area contributed by atoms with Crippen molar-refractivity contribution in [2.75, 3.05) is 0 Å². The quantitative estimate of drug-likeness (QED) is 0.883. The van der Waals surface area contributed by atoms with Gasteiger partial charge in [0.05, 0.1) is 18.2 Å². The van der Waals surface area contributed by atoms with E-state index in [0.29, 0.717) is 11.1 Å². The second-order valence-electron chi connectivity index (χ2n) is 5.73. The summed E-state index contributed by atoms with van der Waals surface area (Å²) in [6, 6.07) is 13.9. The molecule has 0 spiro atoms. The molecule has 0 unspecified atom stereocenters. The molecule has 1 heterocycles. The fourth-order valence-corrected chi connectivity index (χ4v) is 2.73. The van der Waals surface area contributed by atoms with Gasteiger partial charge in [-0.25, -0.2) is 9.18 Å². The summed E-state index contributed by atoms with van der Waals surface area (Å²) in [5.74, 6) is -0.955. The van der Waals surface area contributed by atoms with Crippen molar-refractivity contribution in [3.8, 4) is 6.07 Å². The summed E-state index contributed by atoms with van der Waals surface area (Å²) in [6.45, 7) is 1.43. The van der Waals surface area contributed by atoms with Gasteiger partial charge in [0.2, 0.25) is 0 Å². The Morgan fingerprint density at radius 2 is 1.96 bits per heavy atom. The van der Waals surface area contributed by atoms with Crippen LogP contribution in [0, 0.1) is 17.1 Å². The normalized spacial score (nSPS) is 20.0. The van der Waals surface area contributed by atoms with Crippen molar-refractivity contribution in [2.45, 2.75) is 19.0 Å². The van der Waals surface area contributed by atoms with Gasteiger partial charge in [-0.3, -0.25) is 9.69 Å². The molecule has 6 heteroatoms. The Bertz CT molecular complexity index is 875. The largest absolute Gasteiger partial charge is 0.325 e. The third-order valence-corrected chi connectivity index (χ3v) is 4.13. The number of hydrogen-bond donors (Lipinski definition) is 1. The second kappa shape index (κ2) is 5.78. The van der Waals surface area contributed by atoms with Crippen LogP contribution in [0.5, 0.6) is 0 Å². The van der Waals surface area contributed by atoms with Crippen molar-refractivity contribution in [1.82, 2.24) is 10.2 Å². The van der Waals surface area contributed by atoms with Crippen LogP contribution in [-0.2, 0) is 16.9 Å². The van der Waals surface area contributed by atoms with Gasteiger partial charge in [-0.15, -0.1) is 0 Å². The van der Waals surface area contributed by atoms with Crippen LogP contribution in [0.1, 0.15) is 23.6 Å². The molecule has 1 aliphatic rings. The molecule has 120 valence electrons. The van der Waals surface area contributed by atoms with E-state index in [1.807, 2.05) is 6.07 Å². The lowest BCUT2D eigenvalue weighted by atomic mass is 9.91. The number of benzene rings is 2. The first kappa shape index (κ1) is 15.7. The highest BCUT2D eigenvalue weighted by Gasteiger charge is 2.49. The Labute approximate surface area is 138 Å². The summed E-state index contributed by atoms with van der Waals surface area (Å²) in [5.41, 5.74) is -0.120.